The molecule has 0 spiro atoms. The van der Waals surface area contributed by atoms with Gasteiger partial charge in [0.25, 0.3) is 0 Å². The van der Waals surface area contributed by atoms with Crippen LogP contribution in [-0.4, -0.2) is 19.5 Å². The van der Waals surface area contributed by atoms with Crippen molar-refractivity contribution in [3.05, 3.63) is 28.7 Å². The molecule has 1 aromatic rings. The lowest BCUT2D eigenvalue weighted by Crippen LogP contribution is -1.90. The molecule has 0 aromatic heterocycles. The standard InChI is InChI=1S/C9H11BrOS/c1-11-6-7-12-9-4-2-8(10)3-5-9/h2-5H,6-7H2,1H3. The second-order valence-electron chi connectivity index (χ2n) is 2.30. The molecule has 0 aliphatic heterocycles. The maximum absolute atomic E-state index is 4.96. The van der Waals surface area contributed by atoms with E-state index < -0.39 is 0 Å². The zero-order chi connectivity index (χ0) is 8.81. The fourth-order valence-corrected chi connectivity index (χ4v) is 1.85. The Labute approximate surface area is 85.6 Å². The van der Waals surface area contributed by atoms with Crippen molar-refractivity contribution in [3.63, 3.8) is 0 Å². The van der Waals surface area contributed by atoms with Gasteiger partial charge in [0.15, 0.2) is 0 Å². The number of rotatable bonds is 4. The van der Waals surface area contributed by atoms with Crippen LogP contribution in [0.4, 0.5) is 0 Å². The van der Waals surface area contributed by atoms with E-state index >= 15 is 0 Å². The second kappa shape index (κ2) is 5.62. The molecule has 66 valence electrons. The van der Waals surface area contributed by atoms with Crippen molar-refractivity contribution >= 4 is 27.7 Å². The van der Waals surface area contributed by atoms with E-state index in [0.29, 0.717) is 0 Å². The van der Waals surface area contributed by atoms with Crippen molar-refractivity contribution in [2.45, 2.75) is 4.90 Å². The predicted molar refractivity (Wildman–Crippen MR) is 56.7 cm³/mol. The highest BCUT2D eigenvalue weighted by Gasteiger charge is 1.92. The van der Waals surface area contributed by atoms with E-state index in [0.717, 1.165) is 16.8 Å². The maximum Gasteiger partial charge on any atom is 0.0556 e. The van der Waals surface area contributed by atoms with Gasteiger partial charge >= 0.3 is 0 Å². The van der Waals surface area contributed by atoms with Crippen molar-refractivity contribution in [1.29, 1.82) is 0 Å². The summed E-state index contributed by atoms with van der Waals surface area (Å²) in [4.78, 5) is 1.29. The predicted octanol–water partition coefficient (Wildman–Crippen LogP) is 3.19. The van der Waals surface area contributed by atoms with Gasteiger partial charge < -0.3 is 4.74 Å². The molecular weight excluding hydrogens is 236 g/mol. The molecule has 0 saturated heterocycles. The molecule has 3 heteroatoms. The van der Waals surface area contributed by atoms with Gasteiger partial charge in [0.1, 0.15) is 0 Å². The minimum Gasteiger partial charge on any atom is -0.384 e. The monoisotopic (exact) mass is 246 g/mol. The average molecular weight is 247 g/mol. The third-order valence-electron chi connectivity index (χ3n) is 1.37. The number of hydrogen-bond donors (Lipinski definition) is 0. The van der Waals surface area contributed by atoms with E-state index in [9.17, 15) is 0 Å². The van der Waals surface area contributed by atoms with E-state index in [1.165, 1.54) is 4.90 Å². The molecule has 0 aliphatic rings. The van der Waals surface area contributed by atoms with Crippen molar-refractivity contribution in [1.82, 2.24) is 0 Å². The van der Waals surface area contributed by atoms with Crippen LogP contribution in [0, 0.1) is 0 Å². The van der Waals surface area contributed by atoms with Crippen molar-refractivity contribution in [3.8, 4) is 0 Å². The Morgan fingerprint density at radius 2 is 2.00 bits per heavy atom. The number of hydrogen-bond acceptors (Lipinski definition) is 2. The first-order valence-electron chi connectivity index (χ1n) is 3.70. The second-order valence-corrected chi connectivity index (χ2v) is 4.38. The molecule has 0 N–H and O–H groups in total. The van der Waals surface area contributed by atoms with E-state index in [2.05, 4.69) is 40.2 Å². The van der Waals surface area contributed by atoms with Gasteiger partial charge in [-0.1, -0.05) is 15.9 Å². The Morgan fingerprint density at radius 1 is 1.33 bits per heavy atom. The molecule has 0 atom stereocenters. The van der Waals surface area contributed by atoms with E-state index in [1.807, 2.05) is 11.8 Å². The normalized spacial score (nSPS) is 10.2. The summed E-state index contributed by atoms with van der Waals surface area (Å²) in [5, 5.41) is 0. The molecule has 12 heavy (non-hydrogen) atoms. The van der Waals surface area contributed by atoms with Crippen LogP contribution in [0.5, 0.6) is 0 Å². The topological polar surface area (TPSA) is 9.23 Å². The van der Waals surface area contributed by atoms with Crippen LogP contribution >= 0.6 is 27.7 Å². The van der Waals surface area contributed by atoms with Gasteiger partial charge in [-0.05, 0) is 24.3 Å². The highest BCUT2D eigenvalue weighted by molar-refractivity contribution is 9.10. The molecule has 0 saturated carbocycles. The van der Waals surface area contributed by atoms with Crippen molar-refractivity contribution < 1.29 is 4.74 Å². The molecule has 1 aromatic carbocycles. The molecule has 0 heterocycles. The van der Waals surface area contributed by atoms with Crippen LogP contribution in [0.25, 0.3) is 0 Å². The lowest BCUT2D eigenvalue weighted by molar-refractivity contribution is 0.218. The molecule has 0 radical (unpaired) electrons. The van der Waals surface area contributed by atoms with Crippen LogP contribution in [0.1, 0.15) is 0 Å². The Balaban J connectivity index is 2.37. The molecule has 0 bridgehead atoms. The zero-order valence-corrected chi connectivity index (χ0v) is 9.32. The zero-order valence-electron chi connectivity index (χ0n) is 6.92. The van der Waals surface area contributed by atoms with Crippen molar-refractivity contribution in [2.75, 3.05) is 19.5 Å². The molecule has 0 amide bonds. The van der Waals surface area contributed by atoms with Crippen LogP contribution in [-0.2, 0) is 4.74 Å². The fraction of sp³-hybridized carbons (Fsp3) is 0.333. The highest BCUT2D eigenvalue weighted by Crippen LogP contribution is 2.19. The van der Waals surface area contributed by atoms with E-state index in [-0.39, 0.29) is 0 Å². The number of ether oxygens (including phenoxy) is 1. The largest absolute Gasteiger partial charge is 0.384 e. The van der Waals surface area contributed by atoms with Gasteiger partial charge in [-0.3, -0.25) is 0 Å². The third kappa shape index (κ3) is 3.61. The SMILES string of the molecule is COCCSc1ccc(Br)cc1. The summed E-state index contributed by atoms with van der Waals surface area (Å²) in [5.74, 6) is 1.01. The first-order chi connectivity index (χ1) is 5.83. The Kier molecular flexibility index (Phi) is 4.73. The van der Waals surface area contributed by atoms with Gasteiger partial charge in [0.2, 0.25) is 0 Å². The van der Waals surface area contributed by atoms with Crippen molar-refractivity contribution in [2.24, 2.45) is 0 Å². The minimum atomic E-state index is 0.806. The lowest BCUT2D eigenvalue weighted by Gasteiger charge is -2.00. The number of benzene rings is 1. The fourth-order valence-electron chi connectivity index (χ4n) is 0.774. The molecule has 0 unspecified atom stereocenters. The summed E-state index contributed by atoms with van der Waals surface area (Å²) in [6.07, 6.45) is 0. The van der Waals surface area contributed by atoms with Crippen LogP contribution in [0.3, 0.4) is 0 Å². The first kappa shape index (κ1) is 10.1. The van der Waals surface area contributed by atoms with Crippen LogP contribution in [0.15, 0.2) is 33.6 Å². The van der Waals surface area contributed by atoms with E-state index in [4.69, 9.17) is 4.74 Å². The smallest absolute Gasteiger partial charge is 0.0556 e. The third-order valence-corrected chi connectivity index (χ3v) is 2.87. The number of methoxy groups -OCH3 is 1. The molecule has 1 rings (SSSR count). The lowest BCUT2D eigenvalue weighted by atomic mass is 10.4. The number of halogens is 1. The molecule has 1 nitrogen and oxygen atoms in total. The van der Waals surface area contributed by atoms with Gasteiger partial charge in [-0.15, -0.1) is 11.8 Å². The molecule has 0 aliphatic carbocycles. The van der Waals surface area contributed by atoms with Crippen LogP contribution < -0.4 is 0 Å². The summed E-state index contributed by atoms with van der Waals surface area (Å²) in [6, 6.07) is 8.30. The summed E-state index contributed by atoms with van der Waals surface area (Å²) in [6.45, 7) is 0.806. The van der Waals surface area contributed by atoms with Crippen LogP contribution in [0.2, 0.25) is 0 Å². The molecule has 0 fully saturated rings. The highest BCUT2D eigenvalue weighted by atomic mass is 79.9. The van der Waals surface area contributed by atoms with Gasteiger partial charge in [0.05, 0.1) is 6.61 Å². The summed E-state index contributed by atoms with van der Waals surface area (Å²) >= 11 is 5.20. The molecular formula is C9H11BrOS. The number of thioether (sulfide) groups is 1. The maximum atomic E-state index is 4.96. The van der Waals surface area contributed by atoms with Gasteiger partial charge in [-0.25, -0.2) is 0 Å². The quantitative estimate of drug-likeness (QED) is 0.597. The Morgan fingerprint density at radius 3 is 2.58 bits per heavy atom. The average Bonchev–Trinajstić information content (AvgIpc) is 2.09. The Bertz CT molecular complexity index is 222. The summed E-state index contributed by atoms with van der Waals surface area (Å²) in [5.41, 5.74) is 0. The van der Waals surface area contributed by atoms with Gasteiger partial charge in [-0.2, -0.15) is 0 Å². The summed E-state index contributed by atoms with van der Waals surface area (Å²) in [7, 11) is 1.72. The Hall–Kier alpha value is 0.01000. The minimum absolute atomic E-state index is 0.806. The van der Waals surface area contributed by atoms with E-state index in [1.54, 1.807) is 7.11 Å². The van der Waals surface area contributed by atoms with Gasteiger partial charge in [0, 0.05) is 22.2 Å². The first-order valence-corrected chi connectivity index (χ1v) is 5.48. The summed E-state index contributed by atoms with van der Waals surface area (Å²) < 4.78 is 6.08.